The summed E-state index contributed by atoms with van der Waals surface area (Å²) in [6.07, 6.45) is 1.08. The van der Waals surface area contributed by atoms with Gasteiger partial charge < -0.3 is 56.1 Å². The lowest BCUT2D eigenvalue weighted by atomic mass is 9.74. The molecular weight excluding hydrogens is 818 g/mol. The Bertz CT molecular complexity index is 1540. The molecule has 9 N–H and O–H groups in total. The van der Waals surface area contributed by atoms with Gasteiger partial charge in [0.05, 0.1) is 25.2 Å². The van der Waals surface area contributed by atoms with E-state index in [1.54, 1.807) is 0 Å². The second kappa shape index (κ2) is 28.1. The van der Waals surface area contributed by atoms with Crippen molar-refractivity contribution in [2.24, 2.45) is 16.7 Å². The second-order valence-electron chi connectivity index (χ2n) is 15.6. The molecule has 0 aromatic rings. The van der Waals surface area contributed by atoms with Crippen molar-refractivity contribution in [2.45, 2.75) is 111 Å². The van der Waals surface area contributed by atoms with E-state index in [2.05, 4.69) is 21.3 Å². The number of carbonyl (C=O) groups is 8. The summed E-state index contributed by atoms with van der Waals surface area (Å²) in [6, 6.07) is -4.82. The van der Waals surface area contributed by atoms with Crippen molar-refractivity contribution in [1.82, 2.24) is 26.6 Å². The molecule has 0 spiro atoms. The normalized spacial score (nSPS) is 13.8. The Morgan fingerprint density at radius 1 is 0.650 bits per heavy atom. The first-order valence-corrected chi connectivity index (χ1v) is 21.2. The van der Waals surface area contributed by atoms with E-state index in [9.17, 15) is 66.6 Å². The van der Waals surface area contributed by atoms with Gasteiger partial charge in [0.2, 0.25) is 29.5 Å². The molecule has 0 fully saturated rings. The minimum atomic E-state index is -4.88. The Kier molecular flexibility index (Phi) is 26.1. The summed E-state index contributed by atoms with van der Waals surface area (Å²) >= 11 is 0. The summed E-state index contributed by atoms with van der Waals surface area (Å²) < 4.78 is 48.5. The van der Waals surface area contributed by atoms with Crippen LogP contribution in [0.5, 0.6) is 0 Å². The molecule has 4 atom stereocenters. The Morgan fingerprint density at radius 2 is 1.22 bits per heavy atom. The van der Waals surface area contributed by atoms with Gasteiger partial charge >= 0.3 is 17.9 Å². The summed E-state index contributed by atoms with van der Waals surface area (Å²) in [5, 5.41) is 40.3. The summed E-state index contributed by atoms with van der Waals surface area (Å²) in [5.41, 5.74) is -2.83. The lowest BCUT2D eigenvalue weighted by Crippen LogP contribution is -2.56. The predicted molar refractivity (Wildman–Crippen MR) is 213 cm³/mol. The van der Waals surface area contributed by atoms with Crippen LogP contribution in [-0.4, -0.2) is 152 Å². The van der Waals surface area contributed by atoms with Gasteiger partial charge in [0, 0.05) is 44.6 Å². The lowest BCUT2D eigenvalue weighted by molar-refractivity contribution is -0.150. The fraction of sp³-hybridized carbons (Fsp3) is 0.784. The van der Waals surface area contributed by atoms with E-state index in [4.69, 9.17) is 14.2 Å². The molecule has 0 heterocycles. The highest BCUT2D eigenvalue weighted by atomic mass is 32.2. The van der Waals surface area contributed by atoms with Crippen LogP contribution in [0.3, 0.4) is 0 Å². The Hall–Kier alpha value is -4.45. The van der Waals surface area contributed by atoms with Crippen LogP contribution in [0.25, 0.3) is 0 Å². The summed E-state index contributed by atoms with van der Waals surface area (Å²) in [7, 11) is -4.88. The first-order valence-electron chi connectivity index (χ1n) is 19.6. The molecule has 22 nitrogen and oxygen atoms in total. The molecule has 23 heteroatoms. The monoisotopic (exact) mass is 883 g/mol. The largest absolute Gasteiger partial charge is 0.481 e. The number of aliphatic carboxylic acids is 3. The summed E-state index contributed by atoms with van der Waals surface area (Å²) in [6.45, 7) is 10.4. The molecule has 346 valence electrons. The molecule has 0 saturated heterocycles. The maximum atomic E-state index is 13.0. The molecule has 0 aliphatic heterocycles. The van der Waals surface area contributed by atoms with E-state index >= 15 is 0 Å². The molecule has 5 amide bonds. The highest BCUT2D eigenvalue weighted by Crippen LogP contribution is 2.34. The van der Waals surface area contributed by atoms with Gasteiger partial charge in [-0.2, -0.15) is 8.42 Å². The molecule has 0 aliphatic rings. The topological polar surface area (TPSA) is 339 Å². The van der Waals surface area contributed by atoms with Crippen LogP contribution < -0.4 is 26.6 Å². The highest BCUT2D eigenvalue weighted by Gasteiger charge is 2.41. The SMILES string of the molecule is CCOCC(C)CCC(=O)NCCCCC(NC(=O)COCCOCCNC(=O)CCC(NC(=O)C(CS(=O)(=O)O)NC(=O)C(C)(C)CC(C)(C)C(=O)O)C(=O)O)C(=O)O. The van der Waals surface area contributed by atoms with Crippen molar-refractivity contribution < 1.29 is 80.9 Å². The number of amides is 5. The Morgan fingerprint density at radius 3 is 1.78 bits per heavy atom. The van der Waals surface area contributed by atoms with Crippen LogP contribution in [0.4, 0.5) is 0 Å². The third-order valence-electron chi connectivity index (χ3n) is 8.87. The maximum absolute atomic E-state index is 13.0. The number of carboxylic acid groups (broad SMARTS) is 3. The van der Waals surface area contributed by atoms with E-state index in [1.165, 1.54) is 27.7 Å². The smallest absolute Gasteiger partial charge is 0.326 e. The van der Waals surface area contributed by atoms with E-state index in [0.717, 1.165) is 0 Å². The van der Waals surface area contributed by atoms with Gasteiger partial charge in [0.25, 0.3) is 10.1 Å². The van der Waals surface area contributed by atoms with Gasteiger partial charge in [-0.05, 0) is 65.2 Å². The van der Waals surface area contributed by atoms with Gasteiger partial charge in [-0.25, -0.2) is 9.59 Å². The minimum Gasteiger partial charge on any atom is -0.481 e. The molecule has 0 aromatic carbocycles. The van der Waals surface area contributed by atoms with E-state index in [-0.39, 0.29) is 51.0 Å². The number of hydrogen-bond acceptors (Lipinski definition) is 13. The number of unbranched alkanes of at least 4 members (excludes halogenated alkanes) is 1. The van der Waals surface area contributed by atoms with Gasteiger partial charge in [-0.3, -0.25) is 33.3 Å². The summed E-state index contributed by atoms with van der Waals surface area (Å²) in [4.78, 5) is 97.4. The number of rotatable bonds is 34. The third-order valence-corrected chi connectivity index (χ3v) is 9.63. The maximum Gasteiger partial charge on any atom is 0.326 e. The van der Waals surface area contributed by atoms with E-state index in [1.807, 2.05) is 19.2 Å². The molecule has 0 aromatic heterocycles. The predicted octanol–water partition coefficient (Wildman–Crippen LogP) is -0.306. The number of nitrogens with one attached hydrogen (secondary N) is 5. The van der Waals surface area contributed by atoms with Crippen molar-refractivity contribution in [3.8, 4) is 0 Å². The zero-order valence-corrected chi connectivity index (χ0v) is 36.2. The van der Waals surface area contributed by atoms with Gasteiger partial charge in [0.1, 0.15) is 30.5 Å². The molecule has 0 rings (SSSR count). The second-order valence-corrected chi connectivity index (χ2v) is 17.1. The minimum absolute atomic E-state index is 0.00550. The summed E-state index contributed by atoms with van der Waals surface area (Å²) in [5.74, 6) is -8.68. The number of hydrogen-bond donors (Lipinski definition) is 9. The first kappa shape index (κ1) is 55.5. The fourth-order valence-electron chi connectivity index (χ4n) is 5.61. The molecule has 60 heavy (non-hydrogen) atoms. The number of carboxylic acids is 3. The quantitative estimate of drug-likeness (QED) is 0.0296. The molecule has 0 aliphatic carbocycles. The van der Waals surface area contributed by atoms with Crippen molar-refractivity contribution in [3.05, 3.63) is 0 Å². The molecular formula is C37H65N5O17S. The van der Waals surface area contributed by atoms with Crippen LogP contribution in [0, 0.1) is 16.7 Å². The zero-order chi connectivity index (χ0) is 46.1. The molecule has 0 bridgehead atoms. The van der Waals surface area contributed by atoms with E-state index < -0.39 is 106 Å². The number of carbonyl (C=O) groups excluding carboxylic acids is 5. The van der Waals surface area contributed by atoms with Crippen LogP contribution in [0.1, 0.15) is 92.9 Å². The lowest BCUT2D eigenvalue weighted by Gasteiger charge is -2.32. The van der Waals surface area contributed by atoms with Crippen LogP contribution in [0.15, 0.2) is 0 Å². The molecule has 0 radical (unpaired) electrons. The first-order chi connectivity index (χ1) is 27.8. The van der Waals surface area contributed by atoms with Crippen LogP contribution in [0.2, 0.25) is 0 Å². The van der Waals surface area contributed by atoms with Gasteiger partial charge in [-0.15, -0.1) is 0 Å². The van der Waals surface area contributed by atoms with E-state index in [0.29, 0.717) is 45.4 Å². The van der Waals surface area contributed by atoms with Crippen molar-refractivity contribution in [1.29, 1.82) is 0 Å². The third kappa shape index (κ3) is 25.9. The van der Waals surface area contributed by atoms with Gasteiger partial charge in [0.15, 0.2) is 0 Å². The molecule has 0 saturated carbocycles. The number of ether oxygens (including phenoxy) is 3. The average Bonchev–Trinajstić information content (AvgIpc) is 3.13. The Balaban J connectivity index is 4.59. The fourth-order valence-corrected chi connectivity index (χ4v) is 6.27. The zero-order valence-electron chi connectivity index (χ0n) is 35.3. The van der Waals surface area contributed by atoms with Gasteiger partial charge in [-0.1, -0.05) is 20.8 Å². The molecule has 4 unspecified atom stereocenters. The standard InChI is InChI=1S/C37H65N5O17S/c1-7-57-20-24(2)11-13-28(43)38-15-9-8-10-25(32(47)48)40-30(45)21-59-19-18-58-17-16-39-29(44)14-12-26(33(49)50)41-31(46)27(22-60(54,55)56)42-34(51)36(3,4)23-37(5,6)35(52)53/h24-27H,7-23H2,1-6H3,(H,38,43)(H,39,44)(H,40,45)(H,41,46)(H,42,51)(H,47,48)(H,49,50)(H,52,53)(H,54,55,56). The van der Waals surface area contributed by atoms with Crippen molar-refractivity contribution in [3.63, 3.8) is 0 Å². The van der Waals surface area contributed by atoms with Crippen molar-refractivity contribution >= 4 is 57.6 Å². The van der Waals surface area contributed by atoms with Crippen molar-refractivity contribution in [2.75, 3.05) is 58.5 Å². The average molecular weight is 884 g/mol. The highest BCUT2D eigenvalue weighted by molar-refractivity contribution is 7.85. The van der Waals surface area contributed by atoms with Crippen LogP contribution >= 0.6 is 0 Å². The van der Waals surface area contributed by atoms with Crippen LogP contribution in [-0.2, 0) is 62.7 Å². The Labute approximate surface area is 350 Å².